The van der Waals surface area contributed by atoms with Crippen LogP contribution >= 0.6 is 0 Å². The fourth-order valence-corrected chi connectivity index (χ4v) is 5.63. The standard InChI is InChI=1S/C29H23FN.C13H24O2.Ir/c1-17-14-18(2)16-21(15-17)29-23-8-9-24-26(30)11-10-25(28(24)22(23)12-13-31-29)27-19(3)6-5-7-20(27)4;1-7-12(3,4)10(14)9-11(15)13(5,6)8-2;/h5-15H,1-4H3;9,14H,7-8H2,1-6H3;/q-1;;/b;10-9-;. The molecule has 47 heavy (non-hydrogen) atoms. The van der Waals surface area contributed by atoms with Crippen LogP contribution in [0.4, 0.5) is 4.39 Å². The van der Waals surface area contributed by atoms with Gasteiger partial charge in [-0.2, -0.15) is 0 Å². The Morgan fingerprint density at radius 2 is 1.47 bits per heavy atom. The number of rotatable bonds is 7. The normalized spacial score (nSPS) is 12.0. The van der Waals surface area contributed by atoms with Gasteiger partial charge in [-0.3, -0.25) is 4.79 Å². The molecule has 5 rings (SSSR count). The van der Waals surface area contributed by atoms with Crippen molar-refractivity contribution in [3.8, 4) is 22.4 Å². The van der Waals surface area contributed by atoms with Crippen molar-refractivity contribution in [2.24, 2.45) is 10.8 Å². The molecule has 0 saturated heterocycles. The first kappa shape index (κ1) is 37.8. The van der Waals surface area contributed by atoms with Crippen molar-refractivity contribution < 1.29 is 34.4 Å². The molecular weight excluding hydrogens is 762 g/mol. The summed E-state index contributed by atoms with van der Waals surface area (Å²) in [5.41, 5.74) is 8.00. The van der Waals surface area contributed by atoms with Gasteiger partial charge in [0.15, 0.2) is 5.78 Å². The molecule has 0 aliphatic heterocycles. The van der Waals surface area contributed by atoms with Gasteiger partial charge in [-0.05, 0) is 82.9 Å². The fourth-order valence-electron chi connectivity index (χ4n) is 5.63. The van der Waals surface area contributed by atoms with Crippen molar-refractivity contribution in [2.75, 3.05) is 0 Å². The molecule has 5 aromatic rings. The van der Waals surface area contributed by atoms with Gasteiger partial charge in [0, 0.05) is 48.6 Å². The number of benzene rings is 4. The Labute approximate surface area is 293 Å². The Balaban J connectivity index is 0.000000322. The van der Waals surface area contributed by atoms with Gasteiger partial charge in [0.25, 0.3) is 0 Å². The smallest absolute Gasteiger partial charge is 0.164 e. The van der Waals surface area contributed by atoms with Crippen LogP contribution in [0.3, 0.4) is 0 Å². The van der Waals surface area contributed by atoms with Gasteiger partial charge in [-0.15, -0.1) is 34.9 Å². The van der Waals surface area contributed by atoms with Gasteiger partial charge in [0.05, 0.1) is 0 Å². The van der Waals surface area contributed by atoms with Crippen molar-refractivity contribution in [2.45, 2.75) is 82.1 Å². The van der Waals surface area contributed by atoms with Crippen LogP contribution in [0, 0.1) is 50.4 Å². The summed E-state index contributed by atoms with van der Waals surface area (Å²) in [6, 6.07) is 23.3. The minimum absolute atomic E-state index is 0. The molecule has 0 unspecified atom stereocenters. The number of aliphatic hydroxyl groups is 1. The molecular formula is C42H47FIrNO2-. The average Bonchev–Trinajstić information content (AvgIpc) is 3.01. The average molecular weight is 809 g/mol. The minimum Gasteiger partial charge on any atom is -0.512 e. The van der Waals surface area contributed by atoms with Crippen LogP contribution in [-0.4, -0.2) is 15.9 Å². The number of pyridine rings is 1. The Morgan fingerprint density at radius 1 is 0.851 bits per heavy atom. The van der Waals surface area contributed by atoms with E-state index in [2.05, 4.69) is 57.2 Å². The van der Waals surface area contributed by atoms with Crippen LogP contribution in [0.15, 0.2) is 78.7 Å². The molecule has 4 aromatic carbocycles. The molecule has 249 valence electrons. The van der Waals surface area contributed by atoms with E-state index in [0.717, 1.165) is 56.9 Å². The number of fused-ring (bicyclic) bond motifs is 3. The molecule has 0 atom stereocenters. The third-order valence-electron chi connectivity index (χ3n) is 9.42. The van der Waals surface area contributed by atoms with Crippen molar-refractivity contribution in [1.82, 2.24) is 4.98 Å². The number of carbonyl (C=O) groups is 1. The zero-order valence-electron chi connectivity index (χ0n) is 29.4. The van der Waals surface area contributed by atoms with E-state index >= 15 is 0 Å². The molecule has 0 spiro atoms. The quantitative estimate of drug-likeness (QED) is 0.0771. The van der Waals surface area contributed by atoms with Crippen LogP contribution in [-0.2, 0) is 24.9 Å². The molecule has 0 aliphatic carbocycles. The van der Waals surface area contributed by atoms with E-state index in [4.69, 9.17) is 4.98 Å². The summed E-state index contributed by atoms with van der Waals surface area (Å²) in [5, 5.41) is 13.4. The maximum atomic E-state index is 14.9. The molecule has 3 nitrogen and oxygen atoms in total. The number of hydrogen-bond donors (Lipinski definition) is 1. The Kier molecular flexibility index (Phi) is 12.1. The van der Waals surface area contributed by atoms with Crippen LogP contribution in [0.5, 0.6) is 0 Å². The largest absolute Gasteiger partial charge is 0.512 e. The summed E-state index contributed by atoms with van der Waals surface area (Å²) in [4.78, 5) is 16.5. The second-order valence-corrected chi connectivity index (χ2v) is 13.7. The van der Waals surface area contributed by atoms with E-state index in [0.29, 0.717) is 5.39 Å². The molecule has 1 radical (unpaired) electrons. The first-order chi connectivity index (χ1) is 21.6. The SMILES string of the molecule is CCC(C)(C)C(=O)/C=C(\O)C(C)(C)CC.Cc1[c-]c(-c2nccc3c2ccc2c(F)ccc(-c4c(C)cccc4C)c23)cc(C)c1.[Ir]. The number of aliphatic hydroxyl groups excluding tert-OH is 1. The van der Waals surface area contributed by atoms with Gasteiger partial charge >= 0.3 is 0 Å². The first-order valence-corrected chi connectivity index (χ1v) is 16.1. The van der Waals surface area contributed by atoms with E-state index in [1.165, 1.54) is 22.8 Å². The van der Waals surface area contributed by atoms with E-state index in [1.54, 1.807) is 6.07 Å². The third kappa shape index (κ3) is 8.08. The first-order valence-electron chi connectivity index (χ1n) is 16.1. The van der Waals surface area contributed by atoms with Gasteiger partial charge in [-0.1, -0.05) is 91.8 Å². The number of halogens is 1. The van der Waals surface area contributed by atoms with E-state index in [-0.39, 0.29) is 48.3 Å². The third-order valence-corrected chi connectivity index (χ3v) is 9.42. The maximum absolute atomic E-state index is 14.9. The van der Waals surface area contributed by atoms with E-state index in [9.17, 15) is 14.3 Å². The Bertz CT molecular complexity index is 1910. The summed E-state index contributed by atoms with van der Waals surface area (Å²) in [6.07, 6.45) is 4.81. The van der Waals surface area contributed by atoms with E-state index in [1.807, 2.05) is 78.9 Å². The fraction of sp³-hybridized carbons (Fsp3) is 0.333. The molecule has 1 aromatic heterocycles. The summed E-state index contributed by atoms with van der Waals surface area (Å²) in [5.74, 6) is -0.0104. The van der Waals surface area contributed by atoms with Crippen molar-refractivity contribution in [3.05, 3.63) is 113 Å². The van der Waals surface area contributed by atoms with Crippen LogP contribution in [0.2, 0.25) is 0 Å². The van der Waals surface area contributed by atoms with Crippen molar-refractivity contribution in [3.63, 3.8) is 0 Å². The molecule has 0 fully saturated rings. The number of aromatic nitrogens is 1. The molecule has 0 bridgehead atoms. The zero-order valence-corrected chi connectivity index (χ0v) is 31.8. The summed E-state index contributed by atoms with van der Waals surface area (Å²) in [6.45, 7) is 20.0. The molecule has 1 N–H and O–H groups in total. The van der Waals surface area contributed by atoms with Crippen LogP contribution < -0.4 is 0 Å². The van der Waals surface area contributed by atoms with Gasteiger partial charge in [0.1, 0.15) is 11.6 Å². The second kappa shape index (κ2) is 15.0. The topological polar surface area (TPSA) is 50.2 Å². The minimum atomic E-state index is -0.377. The molecule has 0 saturated carbocycles. The summed E-state index contributed by atoms with van der Waals surface area (Å²) in [7, 11) is 0. The van der Waals surface area contributed by atoms with Crippen LogP contribution in [0.1, 0.15) is 76.6 Å². The number of carbonyl (C=O) groups excluding carboxylic acids is 1. The monoisotopic (exact) mass is 809 g/mol. The summed E-state index contributed by atoms with van der Waals surface area (Å²) < 4.78 is 14.9. The Morgan fingerprint density at radius 3 is 2.06 bits per heavy atom. The summed E-state index contributed by atoms with van der Waals surface area (Å²) >= 11 is 0. The van der Waals surface area contributed by atoms with E-state index < -0.39 is 0 Å². The number of hydrogen-bond acceptors (Lipinski definition) is 3. The van der Waals surface area contributed by atoms with Gasteiger partial charge in [0.2, 0.25) is 0 Å². The molecule has 1 heterocycles. The number of allylic oxidation sites excluding steroid dienone is 2. The second-order valence-electron chi connectivity index (χ2n) is 13.7. The molecule has 5 heteroatoms. The van der Waals surface area contributed by atoms with Crippen molar-refractivity contribution in [1.29, 1.82) is 0 Å². The predicted molar refractivity (Wildman–Crippen MR) is 192 cm³/mol. The Hall–Kier alpha value is -3.66. The van der Waals surface area contributed by atoms with Gasteiger partial charge < -0.3 is 10.1 Å². The van der Waals surface area contributed by atoms with Crippen molar-refractivity contribution >= 4 is 27.3 Å². The number of nitrogens with zero attached hydrogens (tertiary/aromatic N) is 1. The number of aryl methyl sites for hydroxylation is 4. The molecule has 0 amide bonds. The van der Waals surface area contributed by atoms with Crippen LogP contribution in [0.25, 0.3) is 43.9 Å². The maximum Gasteiger partial charge on any atom is 0.164 e. The molecule has 0 aliphatic rings. The van der Waals surface area contributed by atoms with Gasteiger partial charge in [-0.25, -0.2) is 4.39 Å². The predicted octanol–water partition coefficient (Wildman–Crippen LogP) is 11.8. The number of ketones is 1. The zero-order chi connectivity index (χ0) is 34.0.